The van der Waals surface area contributed by atoms with Gasteiger partial charge in [0.15, 0.2) is 6.29 Å². The van der Waals surface area contributed by atoms with Gasteiger partial charge in [-0.25, -0.2) is 0 Å². The van der Waals surface area contributed by atoms with E-state index in [2.05, 4.69) is 0 Å². The van der Waals surface area contributed by atoms with E-state index in [1.54, 1.807) is 12.3 Å². The molecule has 0 radical (unpaired) electrons. The highest BCUT2D eigenvalue weighted by atomic mass is 35.5. The summed E-state index contributed by atoms with van der Waals surface area (Å²) in [4.78, 5) is 10.2. The summed E-state index contributed by atoms with van der Waals surface area (Å²) in [7, 11) is 0. The Morgan fingerprint density at radius 2 is 2.40 bits per heavy atom. The van der Waals surface area contributed by atoms with Gasteiger partial charge in [-0.15, -0.1) is 0 Å². The molecule has 0 amide bonds. The molecule has 0 atom stereocenters. The van der Waals surface area contributed by atoms with Gasteiger partial charge in [0.2, 0.25) is 0 Å². The molecule has 0 aromatic rings. The lowest BCUT2D eigenvalue weighted by Crippen LogP contribution is -2.11. The Morgan fingerprint density at radius 3 is 2.90 bits per heavy atom. The lowest BCUT2D eigenvalue weighted by Gasteiger charge is -2.14. The third-order valence-corrected chi connectivity index (χ3v) is 1.72. The average molecular weight is 178 g/mol. The minimum atomic E-state index is 0.397. The first-order chi connectivity index (χ1) is 4.74. The molecular formula is C6H5Cl2NO. The molecule has 0 bridgehead atoms. The smallest absolute Gasteiger partial charge is 0.151 e. The first-order valence-corrected chi connectivity index (χ1v) is 3.40. The molecule has 0 aromatic heterocycles. The van der Waals surface area contributed by atoms with Gasteiger partial charge in [0.25, 0.3) is 0 Å². The molecular weight excluding hydrogens is 173 g/mol. The number of hydrogen-bond acceptors (Lipinski definition) is 2. The van der Waals surface area contributed by atoms with Crippen molar-refractivity contribution >= 4 is 29.7 Å². The fraction of sp³-hybridized carbons (Fsp3) is 0.167. The summed E-state index contributed by atoms with van der Waals surface area (Å²) < 4.78 is 1.38. The first-order valence-electron chi connectivity index (χ1n) is 2.68. The van der Waals surface area contributed by atoms with Crippen molar-refractivity contribution in [2.75, 3.05) is 6.54 Å². The van der Waals surface area contributed by atoms with E-state index in [0.717, 1.165) is 0 Å². The van der Waals surface area contributed by atoms with E-state index in [-0.39, 0.29) is 0 Å². The molecule has 1 heterocycles. The van der Waals surface area contributed by atoms with Crippen molar-refractivity contribution in [3.8, 4) is 0 Å². The van der Waals surface area contributed by atoms with Gasteiger partial charge in [0.05, 0.1) is 6.54 Å². The lowest BCUT2D eigenvalue weighted by atomic mass is 10.2. The maximum Gasteiger partial charge on any atom is 0.151 e. The number of nitrogens with zero attached hydrogens (tertiary/aromatic N) is 1. The Bertz CT molecular complexity index is 210. The quantitative estimate of drug-likeness (QED) is 0.449. The molecule has 1 rings (SSSR count). The van der Waals surface area contributed by atoms with Gasteiger partial charge in [-0.3, -0.25) is 9.21 Å². The van der Waals surface area contributed by atoms with Crippen LogP contribution < -0.4 is 0 Å². The van der Waals surface area contributed by atoms with Crippen molar-refractivity contribution in [1.29, 1.82) is 0 Å². The lowest BCUT2D eigenvalue weighted by molar-refractivity contribution is -0.104. The summed E-state index contributed by atoms with van der Waals surface area (Å²) in [6.45, 7) is 0.397. The minimum Gasteiger partial charge on any atom is -0.298 e. The second-order valence-electron chi connectivity index (χ2n) is 1.85. The van der Waals surface area contributed by atoms with E-state index in [0.29, 0.717) is 23.4 Å². The van der Waals surface area contributed by atoms with Crippen LogP contribution in [0.5, 0.6) is 0 Å². The van der Waals surface area contributed by atoms with Crippen LogP contribution >= 0.6 is 23.4 Å². The number of carbonyl (C=O) groups excluding carboxylic acids is 1. The first kappa shape index (κ1) is 7.63. The monoisotopic (exact) mass is 177 g/mol. The standard InChI is InChI=1S/C6H5Cl2NO/c7-6-3-9(8)2-1-5(6)4-10/h1-2,4H,3H2. The molecule has 0 fully saturated rings. The van der Waals surface area contributed by atoms with E-state index < -0.39 is 0 Å². The summed E-state index contributed by atoms with van der Waals surface area (Å²) >= 11 is 11.2. The van der Waals surface area contributed by atoms with Gasteiger partial charge >= 0.3 is 0 Å². The van der Waals surface area contributed by atoms with E-state index in [4.69, 9.17) is 23.4 Å². The molecule has 1 aliphatic heterocycles. The highest BCUT2D eigenvalue weighted by Crippen LogP contribution is 2.17. The number of aldehydes is 1. The Hall–Kier alpha value is -0.470. The third-order valence-electron chi connectivity index (χ3n) is 1.15. The Labute approximate surface area is 68.8 Å². The van der Waals surface area contributed by atoms with Crippen molar-refractivity contribution in [3.63, 3.8) is 0 Å². The van der Waals surface area contributed by atoms with Crippen molar-refractivity contribution < 1.29 is 4.79 Å². The summed E-state index contributed by atoms with van der Waals surface area (Å²) in [6.07, 6.45) is 3.88. The molecule has 0 aromatic carbocycles. The van der Waals surface area contributed by atoms with Gasteiger partial charge in [-0.2, -0.15) is 0 Å². The second kappa shape index (κ2) is 3.08. The second-order valence-corrected chi connectivity index (χ2v) is 2.74. The number of rotatable bonds is 1. The summed E-state index contributed by atoms with van der Waals surface area (Å²) in [5, 5.41) is 0.479. The molecule has 54 valence electrons. The molecule has 10 heavy (non-hydrogen) atoms. The zero-order chi connectivity index (χ0) is 7.56. The van der Waals surface area contributed by atoms with Crippen LogP contribution in [0.3, 0.4) is 0 Å². The molecule has 0 aliphatic carbocycles. The van der Waals surface area contributed by atoms with Gasteiger partial charge in [0.1, 0.15) is 0 Å². The van der Waals surface area contributed by atoms with Crippen molar-refractivity contribution in [2.45, 2.75) is 0 Å². The molecule has 2 nitrogen and oxygen atoms in total. The normalized spacial score (nSPS) is 18.0. The number of allylic oxidation sites excluding steroid dienone is 2. The average Bonchev–Trinajstić information content (AvgIpc) is 1.88. The van der Waals surface area contributed by atoms with Crippen molar-refractivity contribution in [2.24, 2.45) is 0 Å². The highest BCUT2D eigenvalue weighted by molar-refractivity contribution is 6.32. The largest absolute Gasteiger partial charge is 0.298 e. The van der Waals surface area contributed by atoms with Crippen LogP contribution in [0.1, 0.15) is 0 Å². The van der Waals surface area contributed by atoms with Gasteiger partial charge in [0, 0.05) is 28.6 Å². The Kier molecular flexibility index (Phi) is 2.35. The van der Waals surface area contributed by atoms with Crippen LogP contribution in [0.25, 0.3) is 0 Å². The van der Waals surface area contributed by atoms with E-state index in [1.807, 2.05) is 0 Å². The summed E-state index contributed by atoms with van der Waals surface area (Å²) in [5.74, 6) is 0. The third kappa shape index (κ3) is 1.52. The molecule has 4 heteroatoms. The summed E-state index contributed by atoms with van der Waals surface area (Å²) in [6, 6.07) is 0. The minimum absolute atomic E-state index is 0.397. The van der Waals surface area contributed by atoms with E-state index in [1.165, 1.54) is 4.42 Å². The van der Waals surface area contributed by atoms with Crippen LogP contribution in [0, 0.1) is 0 Å². The molecule has 0 unspecified atom stereocenters. The fourth-order valence-corrected chi connectivity index (χ4v) is 1.10. The number of carbonyl (C=O) groups is 1. The molecule has 0 saturated carbocycles. The van der Waals surface area contributed by atoms with Crippen LogP contribution in [0.15, 0.2) is 22.9 Å². The zero-order valence-electron chi connectivity index (χ0n) is 5.05. The fourth-order valence-electron chi connectivity index (χ4n) is 0.631. The SMILES string of the molecule is O=CC1=C(Cl)CN(Cl)C=C1. The highest BCUT2D eigenvalue weighted by Gasteiger charge is 2.08. The van der Waals surface area contributed by atoms with Crippen LogP contribution in [0.4, 0.5) is 0 Å². The van der Waals surface area contributed by atoms with Gasteiger partial charge in [-0.1, -0.05) is 11.6 Å². The number of halogens is 2. The predicted molar refractivity (Wildman–Crippen MR) is 40.6 cm³/mol. The predicted octanol–water partition coefficient (Wildman–Crippen LogP) is 1.66. The maximum atomic E-state index is 10.2. The van der Waals surface area contributed by atoms with E-state index in [9.17, 15) is 4.79 Å². The Balaban J connectivity index is 2.82. The van der Waals surface area contributed by atoms with Gasteiger partial charge < -0.3 is 0 Å². The van der Waals surface area contributed by atoms with Crippen molar-refractivity contribution in [1.82, 2.24) is 4.42 Å². The molecule has 0 spiro atoms. The van der Waals surface area contributed by atoms with Crippen LogP contribution in [-0.2, 0) is 4.79 Å². The van der Waals surface area contributed by atoms with Crippen LogP contribution in [0.2, 0.25) is 0 Å². The van der Waals surface area contributed by atoms with Crippen molar-refractivity contribution in [3.05, 3.63) is 22.9 Å². The number of hydrogen-bond donors (Lipinski definition) is 0. The topological polar surface area (TPSA) is 20.3 Å². The van der Waals surface area contributed by atoms with E-state index >= 15 is 0 Å². The van der Waals surface area contributed by atoms with Gasteiger partial charge in [-0.05, 0) is 6.08 Å². The molecule has 1 aliphatic rings. The molecule has 0 saturated heterocycles. The molecule has 0 N–H and O–H groups in total. The van der Waals surface area contributed by atoms with Crippen LogP contribution in [-0.4, -0.2) is 17.2 Å². The Morgan fingerprint density at radius 1 is 1.70 bits per heavy atom. The maximum absolute atomic E-state index is 10.2. The summed E-state index contributed by atoms with van der Waals surface area (Å²) in [5.41, 5.74) is 0.499. The zero-order valence-corrected chi connectivity index (χ0v) is 6.56.